The Morgan fingerprint density at radius 3 is 2.81 bits per heavy atom. The number of hydrogen-bond donors (Lipinski definition) is 1. The van der Waals surface area contributed by atoms with Gasteiger partial charge in [-0.15, -0.1) is 0 Å². The van der Waals surface area contributed by atoms with Crippen LogP contribution >= 0.6 is 0 Å². The maximum absolute atomic E-state index is 14.5. The van der Waals surface area contributed by atoms with Gasteiger partial charge in [0.25, 0.3) is 0 Å². The fourth-order valence-electron chi connectivity index (χ4n) is 2.42. The van der Waals surface area contributed by atoms with Crippen LogP contribution in [0.5, 0.6) is 0 Å². The molecule has 1 aliphatic heterocycles. The summed E-state index contributed by atoms with van der Waals surface area (Å²) >= 11 is 0. The first-order valence-corrected chi connectivity index (χ1v) is 8.92. The molecule has 1 atom stereocenters. The summed E-state index contributed by atoms with van der Waals surface area (Å²) in [5.74, 6) is 0.0784. The molecular formula is C14H22FN3O2S. The normalized spacial score (nSPS) is 20.9. The third kappa shape index (κ3) is 3.91. The lowest BCUT2D eigenvalue weighted by Gasteiger charge is -2.25. The molecule has 1 saturated heterocycles. The molecule has 1 unspecified atom stereocenters. The van der Waals surface area contributed by atoms with Gasteiger partial charge in [-0.1, -0.05) is 13.8 Å². The van der Waals surface area contributed by atoms with Crippen LogP contribution in [0.1, 0.15) is 25.8 Å². The van der Waals surface area contributed by atoms with Gasteiger partial charge in [-0.3, -0.25) is 0 Å². The SMILES string of the molecule is CC(C)NCc1ccnc(N(C)C2CCS(=O)(=O)C2)c1F. The number of halogens is 1. The van der Waals surface area contributed by atoms with Crippen LogP contribution in [0.2, 0.25) is 0 Å². The number of sulfone groups is 1. The molecule has 0 amide bonds. The van der Waals surface area contributed by atoms with Gasteiger partial charge in [0.2, 0.25) is 0 Å². The molecule has 5 nitrogen and oxygen atoms in total. The quantitative estimate of drug-likeness (QED) is 0.888. The van der Waals surface area contributed by atoms with Crippen LogP contribution in [-0.4, -0.2) is 44.0 Å². The molecule has 0 radical (unpaired) electrons. The molecule has 1 aromatic heterocycles. The Morgan fingerprint density at radius 1 is 1.52 bits per heavy atom. The van der Waals surface area contributed by atoms with E-state index in [0.717, 1.165) is 0 Å². The summed E-state index contributed by atoms with van der Waals surface area (Å²) in [6.07, 6.45) is 2.09. The van der Waals surface area contributed by atoms with Crippen molar-refractivity contribution in [3.63, 3.8) is 0 Å². The molecule has 21 heavy (non-hydrogen) atoms. The van der Waals surface area contributed by atoms with Gasteiger partial charge in [-0.05, 0) is 12.5 Å². The lowest BCUT2D eigenvalue weighted by atomic mass is 10.2. The van der Waals surface area contributed by atoms with Gasteiger partial charge in [0.15, 0.2) is 21.5 Å². The van der Waals surface area contributed by atoms with Crippen LogP contribution < -0.4 is 10.2 Å². The van der Waals surface area contributed by atoms with Crippen molar-refractivity contribution in [1.82, 2.24) is 10.3 Å². The molecule has 1 N–H and O–H groups in total. The van der Waals surface area contributed by atoms with Crippen LogP contribution in [-0.2, 0) is 16.4 Å². The molecule has 0 aromatic carbocycles. The summed E-state index contributed by atoms with van der Waals surface area (Å²) in [5, 5.41) is 3.17. The van der Waals surface area contributed by atoms with E-state index in [4.69, 9.17) is 0 Å². The number of pyridine rings is 1. The topological polar surface area (TPSA) is 62.3 Å². The molecular weight excluding hydrogens is 293 g/mol. The lowest BCUT2D eigenvalue weighted by molar-refractivity contribution is 0.544. The Kier molecular flexibility index (Phi) is 4.83. The summed E-state index contributed by atoms with van der Waals surface area (Å²) in [5.41, 5.74) is 0.543. The molecule has 0 spiro atoms. The molecule has 0 bridgehead atoms. The minimum absolute atomic E-state index is 0.0685. The highest BCUT2D eigenvalue weighted by Crippen LogP contribution is 2.25. The molecule has 7 heteroatoms. The second kappa shape index (κ2) is 6.27. The number of hydrogen-bond acceptors (Lipinski definition) is 5. The highest BCUT2D eigenvalue weighted by Gasteiger charge is 2.32. The molecule has 0 aliphatic carbocycles. The maximum Gasteiger partial charge on any atom is 0.170 e. The van der Waals surface area contributed by atoms with E-state index in [-0.39, 0.29) is 35.2 Å². The van der Waals surface area contributed by atoms with Crippen molar-refractivity contribution in [3.05, 3.63) is 23.6 Å². The van der Waals surface area contributed by atoms with Gasteiger partial charge in [0.1, 0.15) is 0 Å². The highest BCUT2D eigenvalue weighted by molar-refractivity contribution is 7.91. The summed E-state index contributed by atoms with van der Waals surface area (Å²) in [6, 6.07) is 1.71. The molecule has 1 fully saturated rings. The zero-order valence-corrected chi connectivity index (χ0v) is 13.5. The van der Waals surface area contributed by atoms with E-state index < -0.39 is 9.84 Å². The van der Waals surface area contributed by atoms with E-state index in [9.17, 15) is 12.8 Å². The number of rotatable bonds is 5. The van der Waals surface area contributed by atoms with Crippen LogP contribution in [0.25, 0.3) is 0 Å². The van der Waals surface area contributed by atoms with Crippen LogP contribution in [0.3, 0.4) is 0 Å². The van der Waals surface area contributed by atoms with Gasteiger partial charge in [0.05, 0.1) is 11.5 Å². The van der Waals surface area contributed by atoms with Gasteiger partial charge in [0, 0.05) is 37.4 Å². The predicted octanol–water partition coefficient (Wildman–Crippen LogP) is 1.34. The Hall–Kier alpha value is -1.21. The first-order valence-electron chi connectivity index (χ1n) is 7.10. The van der Waals surface area contributed by atoms with Crippen molar-refractivity contribution in [2.45, 2.75) is 38.9 Å². The summed E-state index contributed by atoms with van der Waals surface area (Å²) in [6.45, 7) is 4.42. The highest BCUT2D eigenvalue weighted by atomic mass is 32.2. The molecule has 1 aromatic rings. The second-order valence-electron chi connectivity index (χ2n) is 5.81. The van der Waals surface area contributed by atoms with Crippen molar-refractivity contribution < 1.29 is 12.8 Å². The van der Waals surface area contributed by atoms with Gasteiger partial charge >= 0.3 is 0 Å². The van der Waals surface area contributed by atoms with E-state index in [1.54, 1.807) is 24.2 Å². The van der Waals surface area contributed by atoms with Crippen LogP contribution in [0.15, 0.2) is 12.3 Å². The molecule has 2 heterocycles. The van der Waals surface area contributed by atoms with Crippen molar-refractivity contribution >= 4 is 15.7 Å². The number of anilines is 1. The second-order valence-corrected chi connectivity index (χ2v) is 8.04. The van der Waals surface area contributed by atoms with Gasteiger partial charge < -0.3 is 10.2 Å². The molecule has 0 saturated carbocycles. The Labute approximate surface area is 125 Å². The average Bonchev–Trinajstić information content (AvgIpc) is 2.77. The van der Waals surface area contributed by atoms with Crippen molar-refractivity contribution in [2.75, 3.05) is 23.5 Å². The van der Waals surface area contributed by atoms with Crippen molar-refractivity contribution in [1.29, 1.82) is 0 Å². The van der Waals surface area contributed by atoms with E-state index >= 15 is 0 Å². The third-order valence-electron chi connectivity index (χ3n) is 3.74. The monoisotopic (exact) mass is 315 g/mol. The first-order chi connectivity index (χ1) is 9.80. The largest absolute Gasteiger partial charge is 0.353 e. The Bertz CT molecular complexity index is 604. The van der Waals surface area contributed by atoms with E-state index in [1.807, 2.05) is 13.8 Å². The van der Waals surface area contributed by atoms with Gasteiger partial charge in [-0.25, -0.2) is 17.8 Å². The Balaban J connectivity index is 2.18. The lowest BCUT2D eigenvalue weighted by Crippen LogP contribution is -2.34. The van der Waals surface area contributed by atoms with E-state index in [2.05, 4.69) is 10.3 Å². The zero-order chi connectivity index (χ0) is 15.6. The van der Waals surface area contributed by atoms with Crippen molar-refractivity contribution in [2.24, 2.45) is 0 Å². The zero-order valence-electron chi connectivity index (χ0n) is 12.6. The smallest absolute Gasteiger partial charge is 0.170 e. The standard InChI is InChI=1S/C14H22FN3O2S/c1-10(2)17-8-11-4-6-16-14(13(11)15)18(3)12-5-7-21(19,20)9-12/h4,6,10,12,17H,5,7-9H2,1-3H3. The van der Waals surface area contributed by atoms with Crippen LogP contribution in [0, 0.1) is 5.82 Å². The summed E-state index contributed by atoms with van der Waals surface area (Å²) in [4.78, 5) is 5.74. The number of nitrogens with one attached hydrogen (secondary N) is 1. The van der Waals surface area contributed by atoms with Gasteiger partial charge in [-0.2, -0.15) is 0 Å². The molecule has 2 rings (SSSR count). The van der Waals surface area contributed by atoms with E-state index in [0.29, 0.717) is 18.5 Å². The fraction of sp³-hybridized carbons (Fsp3) is 0.643. The molecule has 1 aliphatic rings. The summed E-state index contributed by atoms with van der Waals surface area (Å²) < 4.78 is 37.6. The van der Waals surface area contributed by atoms with Crippen molar-refractivity contribution in [3.8, 4) is 0 Å². The number of aromatic nitrogens is 1. The summed E-state index contributed by atoms with van der Waals surface area (Å²) in [7, 11) is -1.29. The maximum atomic E-state index is 14.5. The average molecular weight is 315 g/mol. The third-order valence-corrected chi connectivity index (χ3v) is 5.49. The minimum atomic E-state index is -3.00. The number of nitrogens with zero attached hydrogens (tertiary/aromatic N) is 2. The van der Waals surface area contributed by atoms with Crippen LogP contribution in [0.4, 0.5) is 10.2 Å². The minimum Gasteiger partial charge on any atom is -0.353 e. The fourth-order valence-corrected chi connectivity index (χ4v) is 4.20. The van der Waals surface area contributed by atoms with E-state index in [1.165, 1.54) is 0 Å². The molecule has 118 valence electrons. The Morgan fingerprint density at radius 2 is 2.24 bits per heavy atom. The first kappa shape index (κ1) is 16.2. The predicted molar refractivity (Wildman–Crippen MR) is 81.6 cm³/mol.